The summed E-state index contributed by atoms with van der Waals surface area (Å²) in [6.45, 7) is 10.5. The van der Waals surface area contributed by atoms with Crippen molar-refractivity contribution in [2.24, 2.45) is 5.92 Å². The zero-order valence-electron chi connectivity index (χ0n) is 19.3. The van der Waals surface area contributed by atoms with Crippen LogP contribution in [0.1, 0.15) is 40.2 Å². The molecule has 0 saturated carbocycles. The number of urea groups is 1. The van der Waals surface area contributed by atoms with Crippen molar-refractivity contribution in [2.75, 3.05) is 13.7 Å². The molecule has 0 fully saturated rings. The highest BCUT2D eigenvalue weighted by atomic mass is 32.2. The molecule has 2 amide bonds. The van der Waals surface area contributed by atoms with Crippen molar-refractivity contribution < 1.29 is 26.5 Å². The summed E-state index contributed by atoms with van der Waals surface area (Å²) in [6, 6.07) is 8.97. The molecular formula is C23H31FN2O5S. The Morgan fingerprint density at radius 3 is 2.25 bits per heavy atom. The van der Waals surface area contributed by atoms with Crippen LogP contribution in [0.25, 0.3) is 0 Å². The van der Waals surface area contributed by atoms with Crippen LogP contribution in [-0.4, -0.2) is 38.5 Å². The molecule has 0 unspecified atom stereocenters. The van der Waals surface area contributed by atoms with Gasteiger partial charge in [-0.2, -0.15) is 8.42 Å². The minimum atomic E-state index is -4.21. The van der Waals surface area contributed by atoms with E-state index < -0.39 is 21.5 Å². The molecule has 0 atom stereocenters. The first kappa shape index (κ1) is 25.5. The average molecular weight is 467 g/mol. The predicted octanol–water partition coefficient (Wildman–Crippen LogP) is 4.57. The monoisotopic (exact) mass is 466 g/mol. The first-order valence-electron chi connectivity index (χ1n) is 10.2. The molecule has 2 aromatic rings. The lowest BCUT2D eigenvalue weighted by Crippen LogP contribution is -2.49. The number of carbonyl (C=O) groups excluding carboxylic acids is 1. The SMILES string of the molecule is COc1ccc(CN(CC(C)C)C(=O)NC(C)(C)C)cc1OS(=O)(=O)c1ccc(F)cc1. The summed E-state index contributed by atoms with van der Waals surface area (Å²) in [5.41, 5.74) is 0.267. The Morgan fingerprint density at radius 1 is 1.09 bits per heavy atom. The van der Waals surface area contributed by atoms with E-state index in [2.05, 4.69) is 5.32 Å². The maximum absolute atomic E-state index is 13.2. The summed E-state index contributed by atoms with van der Waals surface area (Å²) < 4.78 is 49.0. The lowest BCUT2D eigenvalue weighted by molar-refractivity contribution is 0.179. The fraction of sp³-hybridized carbons (Fsp3) is 0.435. The lowest BCUT2D eigenvalue weighted by Gasteiger charge is -2.30. The number of hydrogen-bond acceptors (Lipinski definition) is 5. The summed E-state index contributed by atoms with van der Waals surface area (Å²) >= 11 is 0. The number of hydrogen-bond donors (Lipinski definition) is 1. The van der Waals surface area contributed by atoms with Crippen molar-refractivity contribution in [3.63, 3.8) is 0 Å². The first-order chi connectivity index (χ1) is 14.8. The minimum Gasteiger partial charge on any atom is -0.493 e. The topological polar surface area (TPSA) is 84.9 Å². The maximum atomic E-state index is 13.2. The van der Waals surface area contributed by atoms with Crippen molar-refractivity contribution >= 4 is 16.1 Å². The van der Waals surface area contributed by atoms with Crippen LogP contribution >= 0.6 is 0 Å². The number of benzene rings is 2. The molecule has 0 heterocycles. The predicted molar refractivity (Wildman–Crippen MR) is 121 cm³/mol. The molecule has 32 heavy (non-hydrogen) atoms. The molecule has 176 valence electrons. The van der Waals surface area contributed by atoms with Gasteiger partial charge in [0.1, 0.15) is 10.7 Å². The van der Waals surface area contributed by atoms with E-state index in [-0.39, 0.29) is 34.9 Å². The third-order valence-electron chi connectivity index (χ3n) is 4.26. The molecule has 9 heteroatoms. The van der Waals surface area contributed by atoms with E-state index >= 15 is 0 Å². The molecule has 0 aromatic heterocycles. The second-order valence-corrected chi connectivity index (χ2v) is 10.5. The van der Waals surface area contributed by atoms with Gasteiger partial charge in [-0.15, -0.1) is 0 Å². The number of methoxy groups -OCH3 is 1. The fourth-order valence-corrected chi connectivity index (χ4v) is 3.86. The highest BCUT2D eigenvalue weighted by molar-refractivity contribution is 7.87. The second-order valence-electron chi connectivity index (χ2n) is 8.93. The summed E-state index contributed by atoms with van der Waals surface area (Å²) in [5.74, 6) is -0.125. The number of nitrogens with zero attached hydrogens (tertiary/aromatic N) is 1. The van der Waals surface area contributed by atoms with E-state index in [1.807, 2.05) is 34.6 Å². The smallest absolute Gasteiger partial charge is 0.339 e. The number of rotatable bonds is 8. The van der Waals surface area contributed by atoms with Crippen molar-refractivity contribution in [1.82, 2.24) is 10.2 Å². The molecule has 0 aliphatic rings. The molecule has 1 N–H and O–H groups in total. The number of amides is 2. The van der Waals surface area contributed by atoms with Gasteiger partial charge in [0.2, 0.25) is 0 Å². The Balaban J connectivity index is 2.32. The van der Waals surface area contributed by atoms with E-state index in [1.54, 1.807) is 17.0 Å². The van der Waals surface area contributed by atoms with E-state index in [4.69, 9.17) is 8.92 Å². The van der Waals surface area contributed by atoms with Gasteiger partial charge in [-0.3, -0.25) is 0 Å². The van der Waals surface area contributed by atoms with Gasteiger partial charge in [-0.05, 0) is 68.7 Å². The van der Waals surface area contributed by atoms with Crippen molar-refractivity contribution in [3.05, 3.63) is 53.8 Å². The molecule has 0 saturated heterocycles. The molecule has 0 spiro atoms. The number of nitrogens with one attached hydrogen (secondary N) is 1. The van der Waals surface area contributed by atoms with Gasteiger partial charge in [0.25, 0.3) is 0 Å². The normalized spacial score (nSPS) is 11.9. The van der Waals surface area contributed by atoms with Gasteiger partial charge in [0.15, 0.2) is 11.5 Å². The first-order valence-corrected chi connectivity index (χ1v) is 11.7. The summed E-state index contributed by atoms with van der Waals surface area (Å²) in [4.78, 5) is 14.3. The molecule has 2 aromatic carbocycles. The largest absolute Gasteiger partial charge is 0.493 e. The molecule has 0 radical (unpaired) electrons. The average Bonchev–Trinajstić information content (AvgIpc) is 2.66. The number of halogens is 1. The molecule has 2 rings (SSSR count). The van der Waals surface area contributed by atoms with Gasteiger partial charge < -0.3 is 19.1 Å². The lowest BCUT2D eigenvalue weighted by atomic mass is 10.1. The number of ether oxygens (including phenoxy) is 1. The molecule has 0 bridgehead atoms. The molecule has 0 aliphatic carbocycles. The van der Waals surface area contributed by atoms with Crippen molar-refractivity contribution in [2.45, 2.75) is 51.6 Å². The maximum Gasteiger partial charge on any atom is 0.339 e. The highest BCUT2D eigenvalue weighted by Crippen LogP contribution is 2.31. The van der Waals surface area contributed by atoms with Crippen LogP contribution in [-0.2, 0) is 16.7 Å². The van der Waals surface area contributed by atoms with Gasteiger partial charge >= 0.3 is 16.1 Å². The summed E-state index contributed by atoms with van der Waals surface area (Å²) in [6.07, 6.45) is 0. The van der Waals surface area contributed by atoms with E-state index in [0.29, 0.717) is 12.1 Å². The fourth-order valence-electron chi connectivity index (χ4n) is 2.93. The van der Waals surface area contributed by atoms with Crippen molar-refractivity contribution in [3.8, 4) is 11.5 Å². The van der Waals surface area contributed by atoms with Gasteiger partial charge in [-0.25, -0.2) is 9.18 Å². The van der Waals surface area contributed by atoms with Crippen LogP contribution in [0.2, 0.25) is 0 Å². The third-order valence-corrected chi connectivity index (χ3v) is 5.51. The van der Waals surface area contributed by atoms with Crippen LogP contribution < -0.4 is 14.2 Å². The molecule has 0 aliphatic heterocycles. The Labute approximate surface area is 189 Å². The molecular weight excluding hydrogens is 435 g/mol. The van der Waals surface area contributed by atoms with Gasteiger partial charge in [-0.1, -0.05) is 19.9 Å². The van der Waals surface area contributed by atoms with E-state index in [9.17, 15) is 17.6 Å². The van der Waals surface area contributed by atoms with E-state index in [1.165, 1.54) is 13.2 Å². The highest BCUT2D eigenvalue weighted by Gasteiger charge is 2.23. The van der Waals surface area contributed by atoms with E-state index in [0.717, 1.165) is 24.3 Å². The van der Waals surface area contributed by atoms with Crippen LogP contribution in [0, 0.1) is 11.7 Å². The zero-order chi connectivity index (χ0) is 24.1. The van der Waals surface area contributed by atoms with Gasteiger partial charge in [0, 0.05) is 18.6 Å². The Hall–Kier alpha value is -2.81. The third kappa shape index (κ3) is 7.40. The van der Waals surface area contributed by atoms with Crippen LogP contribution in [0.15, 0.2) is 47.4 Å². The quantitative estimate of drug-likeness (QED) is 0.576. The van der Waals surface area contributed by atoms with Crippen LogP contribution in [0.5, 0.6) is 11.5 Å². The minimum absolute atomic E-state index is 0.0185. The van der Waals surface area contributed by atoms with Crippen LogP contribution in [0.3, 0.4) is 0 Å². The Kier molecular flexibility index (Phi) is 8.12. The Bertz CT molecular complexity index is 1030. The van der Waals surface area contributed by atoms with Crippen LogP contribution in [0.4, 0.5) is 9.18 Å². The van der Waals surface area contributed by atoms with Gasteiger partial charge in [0.05, 0.1) is 7.11 Å². The second kappa shape index (κ2) is 10.2. The standard InChI is InChI=1S/C23H31FN2O5S/c1-16(2)14-26(22(27)25-23(3,4)5)15-17-7-12-20(30-6)21(13-17)31-32(28,29)19-10-8-18(24)9-11-19/h7-13,16H,14-15H2,1-6H3,(H,25,27). The zero-order valence-corrected chi connectivity index (χ0v) is 20.1. The Morgan fingerprint density at radius 2 is 1.72 bits per heavy atom. The summed E-state index contributed by atoms with van der Waals surface area (Å²) in [5, 5.41) is 2.95. The number of carbonyl (C=O) groups is 1. The van der Waals surface area contributed by atoms with Crippen molar-refractivity contribution in [1.29, 1.82) is 0 Å². The summed E-state index contributed by atoms with van der Waals surface area (Å²) in [7, 11) is -2.81. The molecule has 7 nitrogen and oxygen atoms in total.